The molecule has 0 saturated carbocycles. The Bertz CT molecular complexity index is 768. The lowest BCUT2D eigenvalue weighted by atomic mass is 10.2. The summed E-state index contributed by atoms with van der Waals surface area (Å²) in [5.41, 5.74) is -0.702. The van der Waals surface area contributed by atoms with Crippen LogP contribution in [-0.4, -0.2) is 9.78 Å². The third kappa shape index (κ3) is 3.12. The van der Waals surface area contributed by atoms with Crippen molar-refractivity contribution in [3.05, 3.63) is 34.3 Å². The number of aryl methyl sites for hydroxylation is 1. The van der Waals surface area contributed by atoms with E-state index in [1.165, 1.54) is 24.5 Å². The van der Waals surface area contributed by atoms with Gasteiger partial charge in [0.1, 0.15) is 17.7 Å². The Kier molecular flexibility index (Phi) is 3.83. The van der Waals surface area contributed by atoms with E-state index in [2.05, 4.69) is 5.10 Å². The molecule has 21 heavy (non-hydrogen) atoms. The van der Waals surface area contributed by atoms with E-state index in [1.54, 1.807) is 24.3 Å². The molecule has 0 spiro atoms. The maximum absolute atomic E-state index is 12.6. The first-order valence-corrected chi connectivity index (χ1v) is 6.40. The Hall–Kier alpha value is -2.58. The number of halogens is 3. The summed E-state index contributed by atoms with van der Waals surface area (Å²) in [5.74, 6) is 0. The summed E-state index contributed by atoms with van der Waals surface area (Å²) in [6.45, 7) is 0. The molecule has 2 rings (SSSR count). The molecule has 0 saturated heterocycles. The van der Waals surface area contributed by atoms with Gasteiger partial charge in [0, 0.05) is 11.9 Å². The molecular formula is C13H7F3N4S. The van der Waals surface area contributed by atoms with Crippen molar-refractivity contribution < 1.29 is 13.2 Å². The third-order valence-corrected chi connectivity index (χ3v) is 3.63. The Morgan fingerprint density at radius 3 is 2.52 bits per heavy atom. The van der Waals surface area contributed by atoms with Crippen LogP contribution in [0, 0.1) is 22.7 Å². The van der Waals surface area contributed by atoms with Gasteiger partial charge in [0.15, 0.2) is 5.69 Å². The van der Waals surface area contributed by atoms with Gasteiger partial charge in [-0.2, -0.15) is 28.8 Å². The van der Waals surface area contributed by atoms with Crippen LogP contribution in [0.25, 0.3) is 16.6 Å². The molecule has 0 aliphatic carbocycles. The molecule has 0 unspecified atom stereocenters. The number of allylic oxidation sites excluding steroid dienone is 1. The number of alkyl halides is 3. The number of hydrogen-bond acceptors (Lipinski definition) is 4. The van der Waals surface area contributed by atoms with Gasteiger partial charge in [-0.1, -0.05) is 0 Å². The van der Waals surface area contributed by atoms with Gasteiger partial charge in [0.2, 0.25) is 0 Å². The highest BCUT2D eigenvalue weighted by Gasteiger charge is 2.34. The third-order valence-electron chi connectivity index (χ3n) is 2.58. The molecule has 0 radical (unpaired) electrons. The number of rotatable bonds is 2. The largest absolute Gasteiger partial charge is 0.435 e. The van der Waals surface area contributed by atoms with Crippen molar-refractivity contribution in [2.45, 2.75) is 6.18 Å². The zero-order chi connectivity index (χ0) is 15.6. The Labute approximate surface area is 122 Å². The van der Waals surface area contributed by atoms with Gasteiger partial charge in [-0.3, -0.25) is 4.68 Å². The lowest BCUT2D eigenvalue weighted by Crippen LogP contribution is -2.06. The first-order chi connectivity index (χ1) is 9.85. The summed E-state index contributed by atoms with van der Waals surface area (Å²) in [6.07, 6.45) is -3.11. The van der Waals surface area contributed by atoms with Crippen LogP contribution in [0.15, 0.2) is 23.8 Å². The lowest BCUT2D eigenvalue weighted by Gasteiger charge is -1.98. The molecule has 0 aromatic carbocycles. The maximum Gasteiger partial charge on any atom is 0.435 e. The summed E-state index contributed by atoms with van der Waals surface area (Å²) in [7, 11) is 1.43. The maximum atomic E-state index is 12.6. The van der Waals surface area contributed by atoms with Crippen LogP contribution in [0.2, 0.25) is 0 Å². The van der Waals surface area contributed by atoms with Crippen molar-refractivity contribution in [1.29, 1.82) is 10.5 Å². The number of thiophene rings is 1. The molecule has 8 heteroatoms. The van der Waals surface area contributed by atoms with Crippen molar-refractivity contribution in [3.63, 3.8) is 0 Å². The first kappa shape index (κ1) is 14.8. The Morgan fingerprint density at radius 1 is 1.33 bits per heavy atom. The Balaban J connectivity index is 2.40. The van der Waals surface area contributed by atoms with Gasteiger partial charge in [0.05, 0.1) is 10.6 Å². The quantitative estimate of drug-likeness (QED) is 0.796. The molecule has 2 aromatic heterocycles. The molecule has 2 aromatic rings. The second-order valence-corrected chi connectivity index (χ2v) is 5.14. The fourth-order valence-electron chi connectivity index (χ4n) is 1.64. The summed E-state index contributed by atoms with van der Waals surface area (Å²) < 4.78 is 39.0. The van der Waals surface area contributed by atoms with Crippen LogP contribution >= 0.6 is 11.3 Å². The van der Waals surface area contributed by atoms with Crippen molar-refractivity contribution in [2.24, 2.45) is 7.05 Å². The number of hydrogen-bond donors (Lipinski definition) is 0. The highest BCUT2D eigenvalue weighted by atomic mass is 32.1. The molecule has 4 nitrogen and oxygen atoms in total. The monoisotopic (exact) mass is 308 g/mol. The molecule has 0 bridgehead atoms. The molecule has 2 heterocycles. The highest BCUT2D eigenvalue weighted by molar-refractivity contribution is 7.16. The second-order valence-electron chi connectivity index (χ2n) is 4.02. The van der Waals surface area contributed by atoms with E-state index in [-0.39, 0.29) is 5.57 Å². The van der Waals surface area contributed by atoms with E-state index in [1.807, 2.05) is 0 Å². The minimum atomic E-state index is -4.50. The smallest absolute Gasteiger partial charge is 0.267 e. The standard InChI is InChI=1S/C13H7F3N4S/c1-20-10(5-12(19-20)13(14,15)16)11-3-2-9(21-11)4-8(6-17)7-18/h2-5H,1H3. The second kappa shape index (κ2) is 5.43. The van der Waals surface area contributed by atoms with Gasteiger partial charge in [-0.15, -0.1) is 11.3 Å². The van der Waals surface area contributed by atoms with Crippen LogP contribution in [0.5, 0.6) is 0 Å². The van der Waals surface area contributed by atoms with Crippen LogP contribution in [-0.2, 0) is 13.2 Å². The van der Waals surface area contributed by atoms with Gasteiger partial charge >= 0.3 is 6.18 Å². The molecule has 106 valence electrons. The average molecular weight is 308 g/mol. The lowest BCUT2D eigenvalue weighted by molar-refractivity contribution is -0.141. The van der Waals surface area contributed by atoms with Crippen molar-refractivity contribution in [3.8, 4) is 22.7 Å². The van der Waals surface area contributed by atoms with Crippen molar-refractivity contribution in [2.75, 3.05) is 0 Å². The van der Waals surface area contributed by atoms with Crippen LogP contribution < -0.4 is 0 Å². The zero-order valence-electron chi connectivity index (χ0n) is 10.6. The molecule has 0 aliphatic rings. The minimum absolute atomic E-state index is 0.0654. The fourth-order valence-corrected chi connectivity index (χ4v) is 2.63. The normalized spacial score (nSPS) is 10.8. The van der Waals surface area contributed by atoms with Gasteiger partial charge in [-0.05, 0) is 24.3 Å². The summed E-state index contributed by atoms with van der Waals surface area (Å²) >= 11 is 1.18. The van der Waals surface area contributed by atoms with Crippen LogP contribution in [0.1, 0.15) is 10.6 Å². The van der Waals surface area contributed by atoms with Gasteiger partial charge in [0.25, 0.3) is 0 Å². The molecular weight excluding hydrogens is 301 g/mol. The van der Waals surface area contributed by atoms with E-state index in [9.17, 15) is 13.2 Å². The molecule has 0 amide bonds. The topological polar surface area (TPSA) is 65.4 Å². The average Bonchev–Trinajstić information content (AvgIpc) is 3.01. The molecule has 0 N–H and O–H groups in total. The summed E-state index contributed by atoms with van der Waals surface area (Å²) in [6, 6.07) is 7.68. The van der Waals surface area contributed by atoms with E-state index in [4.69, 9.17) is 10.5 Å². The highest BCUT2D eigenvalue weighted by Crippen LogP contribution is 2.34. The summed E-state index contributed by atoms with van der Waals surface area (Å²) in [4.78, 5) is 1.18. The van der Waals surface area contributed by atoms with E-state index in [0.29, 0.717) is 15.4 Å². The molecule has 0 atom stereocenters. The fraction of sp³-hybridized carbons (Fsp3) is 0.154. The number of nitriles is 2. The molecule has 0 aliphatic heterocycles. The van der Waals surface area contributed by atoms with Crippen molar-refractivity contribution >= 4 is 17.4 Å². The zero-order valence-corrected chi connectivity index (χ0v) is 11.5. The first-order valence-electron chi connectivity index (χ1n) is 5.58. The number of aromatic nitrogens is 2. The SMILES string of the molecule is Cn1nc(C(F)(F)F)cc1-c1ccc(C=C(C#N)C#N)s1. The minimum Gasteiger partial charge on any atom is -0.267 e. The van der Waals surface area contributed by atoms with E-state index >= 15 is 0 Å². The predicted molar refractivity (Wildman–Crippen MR) is 70.7 cm³/mol. The predicted octanol–water partition coefficient (Wildman–Crippen LogP) is 3.60. The van der Waals surface area contributed by atoms with E-state index in [0.717, 1.165) is 10.7 Å². The van der Waals surface area contributed by atoms with E-state index < -0.39 is 11.9 Å². The molecule has 0 fully saturated rings. The summed E-state index contributed by atoms with van der Waals surface area (Å²) in [5, 5.41) is 20.8. The Morgan fingerprint density at radius 2 is 2.00 bits per heavy atom. The van der Waals surface area contributed by atoms with Crippen LogP contribution in [0.4, 0.5) is 13.2 Å². The van der Waals surface area contributed by atoms with Gasteiger partial charge < -0.3 is 0 Å². The number of nitrogens with zero attached hydrogens (tertiary/aromatic N) is 4. The van der Waals surface area contributed by atoms with Gasteiger partial charge in [-0.25, -0.2) is 0 Å². The van der Waals surface area contributed by atoms with Crippen LogP contribution in [0.3, 0.4) is 0 Å². The van der Waals surface area contributed by atoms with Crippen molar-refractivity contribution in [1.82, 2.24) is 9.78 Å².